The molecule has 1 aliphatic heterocycles. The zero-order chi connectivity index (χ0) is 6.32. The lowest BCUT2D eigenvalue weighted by molar-refractivity contribution is 0.405. The Bertz CT molecular complexity index is 120. The van der Waals surface area contributed by atoms with Crippen molar-refractivity contribution in [2.75, 3.05) is 19.6 Å². The van der Waals surface area contributed by atoms with Crippen LogP contribution in [0.25, 0.3) is 0 Å². The highest BCUT2D eigenvalue weighted by molar-refractivity contribution is 7.18. The average Bonchev–Trinajstić information content (AvgIpc) is 2.44. The van der Waals surface area contributed by atoms with Gasteiger partial charge in [0, 0.05) is 25.2 Å². The highest BCUT2D eigenvalue weighted by Gasteiger charge is 2.51. The van der Waals surface area contributed by atoms with E-state index in [1.165, 1.54) is 13.0 Å². The molecule has 2 fully saturated rings. The van der Waals surface area contributed by atoms with Crippen LogP contribution in [0.15, 0.2) is 0 Å². The van der Waals surface area contributed by atoms with Gasteiger partial charge in [0.05, 0.1) is 0 Å². The Morgan fingerprint density at radius 3 is 2.56 bits per heavy atom. The van der Waals surface area contributed by atoms with Gasteiger partial charge in [-0.3, -0.25) is 0 Å². The minimum atomic E-state index is 0.489. The van der Waals surface area contributed by atoms with Gasteiger partial charge in [-0.15, -0.1) is 9.24 Å². The molecule has 1 spiro atoms. The van der Waals surface area contributed by atoms with Crippen molar-refractivity contribution in [2.45, 2.75) is 17.6 Å². The van der Waals surface area contributed by atoms with E-state index in [-0.39, 0.29) is 0 Å². The summed E-state index contributed by atoms with van der Waals surface area (Å²) in [4.78, 5) is 0. The van der Waals surface area contributed by atoms with E-state index in [0.29, 0.717) is 5.54 Å². The summed E-state index contributed by atoms with van der Waals surface area (Å²) < 4.78 is 0. The molecule has 2 aliphatic rings. The fourth-order valence-electron chi connectivity index (χ4n) is 1.51. The minimum Gasteiger partial charge on any atom is -0.314 e. The van der Waals surface area contributed by atoms with Gasteiger partial charge in [-0.25, -0.2) is 0 Å². The van der Waals surface area contributed by atoms with Gasteiger partial charge < -0.3 is 10.6 Å². The highest BCUT2D eigenvalue weighted by Crippen LogP contribution is 2.42. The Labute approximate surface area is 58.0 Å². The maximum atomic E-state index is 3.54. The summed E-state index contributed by atoms with van der Waals surface area (Å²) in [5, 5.41) is 6.93. The number of hydrogen-bond donors (Lipinski definition) is 2. The van der Waals surface area contributed by atoms with Crippen molar-refractivity contribution in [1.29, 1.82) is 0 Å². The van der Waals surface area contributed by atoms with Gasteiger partial charge in [-0.1, -0.05) is 0 Å². The van der Waals surface area contributed by atoms with E-state index in [2.05, 4.69) is 19.9 Å². The molecule has 2 rings (SSSR count). The van der Waals surface area contributed by atoms with E-state index in [0.717, 1.165) is 18.7 Å². The van der Waals surface area contributed by atoms with E-state index < -0.39 is 0 Å². The number of hydrogen-bond acceptors (Lipinski definition) is 2. The molecule has 0 aromatic rings. The average molecular weight is 144 g/mol. The fourth-order valence-corrected chi connectivity index (χ4v) is 2.17. The maximum absolute atomic E-state index is 3.54. The Morgan fingerprint density at radius 2 is 2.22 bits per heavy atom. The first-order chi connectivity index (χ1) is 4.33. The predicted molar refractivity (Wildman–Crippen MR) is 41.7 cm³/mol. The van der Waals surface area contributed by atoms with E-state index >= 15 is 0 Å². The van der Waals surface area contributed by atoms with Gasteiger partial charge in [0.15, 0.2) is 0 Å². The molecule has 0 aromatic carbocycles. The van der Waals surface area contributed by atoms with E-state index in [1.807, 2.05) is 0 Å². The largest absolute Gasteiger partial charge is 0.314 e. The van der Waals surface area contributed by atoms with Crippen molar-refractivity contribution in [1.82, 2.24) is 10.6 Å². The van der Waals surface area contributed by atoms with Crippen LogP contribution in [-0.4, -0.2) is 30.8 Å². The van der Waals surface area contributed by atoms with Crippen molar-refractivity contribution in [2.24, 2.45) is 0 Å². The lowest BCUT2D eigenvalue weighted by Crippen LogP contribution is -2.51. The molecule has 52 valence electrons. The van der Waals surface area contributed by atoms with Gasteiger partial charge in [0.1, 0.15) is 0 Å². The number of rotatable bonds is 0. The Hall–Kier alpha value is 0.350. The second-order valence-electron chi connectivity index (χ2n) is 3.07. The van der Waals surface area contributed by atoms with Crippen molar-refractivity contribution in [3.8, 4) is 0 Å². The van der Waals surface area contributed by atoms with Crippen LogP contribution in [0.1, 0.15) is 6.42 Å². The van der Waals surface area contributed by atoms with E-state index in [4.69, 9.17) is 0 Å². The molecule has 1 aliphatic carbocycles. The summed E-state index contributed by atoms with van der Waals surface area (Å²) in [6, 6.07) is 0. The molecule has 1 saturated heterocycles. The quantitative estimate of drug-likeness (QED) is 0.451. The van der Waals surface area contributed by atoms with Crippen LogP contribution in [0.5, 0.6) is 0 Å². The van der Waals surface area contributed by atoms with Crippen molar-refractivity contribution < 1.29 is 0 Å². The van der Waals surface area contributed by atoms with Crippen molar-refractivity contribution in [3.63, 3.8) is 0 Å². The van der Waals surface area contributed by atoms with Crippen molar-refractivity contribution in [3.05, 3.63) is 0 Å². The molecule has 0 radical (unpaired) electrons. The van der Waals surface area contributed by atoms with Gasteiger partial charge >= 0.3 is 0 Å². The first-order valence-electron chi connectivity index (χ1n) is 3.55. The van der Waals surface area contributed by atoms with E-state index in [1.54, 1.807) is 0 Å². The van der Waals surface area contributed by atoms with E-state index in [9.17, 15) is 0 Å². The molecule has 1 saturated carbocycles. The molecular weight excluding hydrogens is 131 g/mol. The van der Waals surface area contributed by atoms with Crippen LogP contribution >= 0.6 is 9.24 Å². The summed E-state index contributed by atoms with van der Waals surface area (Å²) in [5.74, 6) is 0. The number of piperazine rings is 1. The zero-order valence-electron chi connectivity index (χ0n) is 5.48. The molecule has 0 bridgehead atoms. The summed E-state index contributed by atoms with van der Waals surface area (Å²) in [7, 11) is 2.89. The molecule has 0 amide bonds. The molecule has 3 atom stereocenters. The molecule has 2 nitrogen and oxygen atoms in total. The smallest absolute Gasteiger partial charge is 0.0377 e. The van der Waals surface area contributed by atoms with Crippen LogP contribution < -0.4 is 10.6 Å². The monoisotopic (exact) mass is 144 g/mol. The fraction of sp³-hybridized carbons (Fsp3) is 1.00. The SMILES string of the molecule is PC1CC12CNCCN2. The Balaban J connectivity index is 1.97. The van der Waals surface area contributed by atoms with Crippen molar-refractivity contribution >= 4 is 9.24 Å². The first-order valence-corrected chi connectivity index (χ1v) is 4.21. The molecular formula is C6H13N2P. The topological polar surface area (TPSA) is 24.1 Å². The lowest BCUT2D eigenvalue weighted by Gasteiger charge is -2.24. The first kappa shape index (κ1) is 6.09. The van der Waals surface area contributed by atoms with Crippen LogP contribution in [0.4, 0.5) is 0 Å². The summed E-state index contributed by atoms with van der Waals surface area (Å²) >= 11 is 0. The number of nitrogens with one attached hydrogen (secondary N) is 2. The van der Waals surface area contributed by atoms with Crippen LogP contribution in [0.3, 0.4) is 0 Å². The normalized spacial score (nSPS) is 49.7. The second-order valence-corrected chi connectivity index (χ2v) is 3.88. The molecule has 9 heavy (non-hydrogen) atoms. The van der Waals surface area contributed by atoms with Gasteiger partial charge in [-0.05, 0) is 12.1 Å². The Morgan fingerprint density at radius 1 is 1.44 bits per heavy atom. The second kappa shape index (κ2) is 1.91. The van der Waals surface area contributed by atoms with Gasteiger partial charge in [0.2, 0.25) is 0 Å². The molecule has 1 heterocycles. The van der Waals surface area contributed by atoms with Gasteiger partial charge in [0.25, 0.3) is 0 Å². The summed E-state index contributed by atoms with van der Waals surface area (Å²) in [5.41, 5.74) is 1.31. The molecule has 0 aromatic heterocycles. The Kier molecular flexibility index (Phi) is 1.29. The highest BCUT2D eigenvalue weighted by atomic mass is 31.0. The maximum Gasteiger partial charge on any atom is 0.0377 e. The third-order valence-corrected chi connectivity index (χ3v) is 3.23. The zero-order valence-corrected chi connectivity index (χ0v) is 6.64. The molecule has 2 N–H and O–H groups in total. The third kappa shape index (κ3) is 0.899. The minimum absolute atomic E-state index is 0.489. The van der Waals surface area contributed by atoms with Crippen LogP contribution in [-0.2, 0) is 0 Å². The van der Waals surface area contributed by atoms with Crippen LogP contribution in [0.2, 0.25) is 0 Å². The summed E-state index contributed by atoms with van der Waals surface area (Å²) in [6.07, 6.45) is 1.34. The predicted octanol–water partition coefficient (Wildman–Crippen LogP) is -0.435. The third-order valence-electron chi connectivity index (χ3n) is 2.35. The van der Waals surface area contributed by atoms with Crippen LogP contribution in [0, 0.1) is 0 Å². The van der Waals surface area contributed by atoms with Gasteiger partial charge in [-0.2, -0.15) is 0 Å². The summed E-state index contributed by atoms with van der Waals surface area (Å²) in [6.45, 7) is 3.45. The standard InChI is InChI=1S/C6H13N2P/c9-5-3-6(5)4-7-1-2-8-6/h5,7-8H,1-4,9H2. The lowest BCUT2D eigenvalue weighted by atomic mass is 10.2. The molecule has 3 heteroatoms. The molecule has 3 unspecified atom stereocenters.